The normalized spacial score (nSPS) is 12.6. The van der Waals surface area contributed by atoms with Crippen LogP contribution < -0.4 is 0 Å². The fourth-order valence-corrected chi connectivity index (χ4v) is 3.27. The highest BCUT2D eigenvalue weighted by molar-refractivity contribution is 7.11. The van der Waals surface area contributed by atoms with Crippen LogP contribution in [0.25, 0.3) is 0 Å². The van der Waals surface area contributed by atoms with E-state index in [2.05, 4.69) is 11.9 Å². The minimum Gasteiger partial charge on any atom is -0.480 e. The van der Waals surface area contributed by atoms with E-state index >= 15 is 0 Å². The first kappa shape index (κ1) is 15.7. The van der Waals surface area contributed by atoms with E-state index in [1.807, 2.05) is 49.3 Å². The molecule has 112 valence electrons. The minimum absolute atomic E-state index is 0.538. The molecule has 0 radical (unpaired) electrons. The van der Waals surface area contributed by atoms with E-state index in [0.717, 1.165) is 22.6 Å². The summed E-state index contributed by atoms with van der Waals surface area (Å²) in [5, 5.41) is 10.5. The number of hydrogen-bond acceptors (Lipinski definition) is 4. The number of carboxylic acid groups (broad SMARTS) is 1. The van der Waals surface area contributed by atoms with Crippen LogP contribution in [-0.2, 0) is 17.8 Å². The maximum absolute atomic E-state index is 11.7. The van der Waals surface area contributed by atoms with Gasteiger partial charge in [-0.1, -0.05) is 31.2 Å². The molecule has 1 atom stereocenters. The van der Waals surface area contributed by atoms with Crippen molar-refractivity contribution in [3.63, 3.8) is 0 Å². The van der Waals surface area contributed by atoms with Gasteiger partial charge in [0.1, 0.15) is 11.0 Å². The third-order valence-corrected chi connectivity index (χ3v) is 4.62. The first-order chi connectivity index (χ1) is 10.0. The molecule has 0 aliphatic carbocycles. The highest BCUT2D eigenvalue weighted by Gasteiger charge is 2.26. The number of likely N-dealkylation sites (N-methyl/N-ethyl adjacent to an activating group) is 1. The molecule has 0 saturated heterocycles. The van der Waals surface area contributed by atoms with Gasteiger partial charge >= 0.3 is 5.97 Å². The first-order valence-electron chi connectivity index (χ1n) is 6.95. The van der Waals surface area contributed by atoms with Crippen molar-refractivity contribution in [2.24, 2.45) is 0 Å². The number of aryl methyl sites for hydroxylation is 2. The predicted molar refractivity (Wildman–Crippen MR) is 84.5 cm³/mol. The fourth-order valence-electron chi connectivity index (χ4n) is 2.34. The summed E-state index contributed by atoms with van der Waals surface area (Å²) >= 11 is 1.64. The van der Waals surface area contributed by atoms with E-state index in [9.17, 15) is 9.90 Å². The Hall–Kier alpha value is -1.72. The zero-order chi connectivity index (χ0) is 15.4. The van der Waals surface area contributed by atoms with Gasteiger partial charge in [0.05, 0.1) is 6.54 Å². The largest absolute Gasteiger partial charge is 0.480 e. The van der Waals surface area contributed by atoms with Gasteiger partial charge in [-0.25, -0.2) is 4.98 Å². The molecule has 0 aliphatic heterocycles. The molecule has 2 aromatic rings. The molecule has 1 N–H and O–H groups in total. The van der Waals surface area contributed by atoms with Gasteiger partial charge in [0.15, 0.2) is 0 Å². The van der Waals surface area contributed by atoms with Gasteiger partial charge in [-0.3, -0.25) is 9.69 Å². The van der Waals surface area contributed by atoms with E-state index in [0.29, 0.717) is 6.54 Å². The van der Waals surface area contributed by atoms with E-state index in [1.54, 1.807) is 11.3 Å². The topological polar surface area (TPSA) is 53.4 Å². The molecule has 0 aliphatic rings. The number of carbonyl (C=O) groups is 1. The molecule has 1 aromatic carbocycles. The standard InChI is InChI=1S/C16H20N2O2S/c1-4-12-9-17-14(21-12)10-18(3)15(16(19)20)13-8-6-5-7-11(13)2/h5-9,15H,4,10H2,1-3H3,(H,19,20). The van der Waals surface area contributed by atoms with Gasteiger partial charge < -0.3 is 5.11 Å². The lowest BCUT2D eigenvalue weighted by molar-refractivity contribution is -0.143. The summed E-state index contributed by atoms with van der Waals surface area (Å²) in [5.74, 6) is -0.834. The summed E-state index contributed by atoms with van der Waals surface area (Å²) in [5.41, 5.74) is 1.82. The molecule has 21 heavy (non-hydrogen) atoms. The average Bonchev–Trinajstić information content (AvgIpc) is 2.88. The lowest BCUT2D eigenvalue weighted by Gasteiger charge is -2.25. The zero-order valence-electron chi connectivity index (χ0n) is 12.5. The number of aliphatic carboxylic acids is 1. The molecule has 1 unspecified atom stereocenters. The number of benzene rings is 1. The van der Waals surface area contributed by atoms with Crippen LogP contribution in [0.3, 0.4) is 0 Å². The molecule has 4 nitrogen and oxygen atoms in total. The van der Waals surface area contributed by atoms with Gasteiger partial charge in [-0.05, 0) is 31.5 Å². The molecule has 0 saturated carbocycles. The molecule has 0 amide bonds. The van der Waals surface area contributed by atoms with Crippen molar-refractivity contribution in [2.75, 3.05) is 7.05 Å². The molecule has 2 rings (SSSR count). The third-order valence-electron chi connectivity index (χ3n) is 3.49. The molecule has 0 fully saturated rings. The van der Waals surface area contributed by atoms with Crippen LogP contribution in [0.2, 0.25) is 0 Å². The molecule has 1 heterocycles. The van der Waals surface area contributed by atoms with E-state index in [-0.39, 0.29) is 0 Å². The number of rotatable bonds is 6. The summed E-state index contributed by atoms with van der Waals surface area (Å²) in [6.07, 6.45) is 2.83. The van der Waals surface area contributed by atoms with E-state index in [4.69, 9.17) is 0 Å². The van der Waals surface area contributed by atoms with Gasteiger partial charge in [0.2, 0.25) is 0 Å². The van der Waals surface area contributed by atoms with Gasteiger partial charge in [-0.2, -0.15) is 0 Å². The Kier molecular flexibility index (Phi) is 5.09. The van der Waals surface area contributed by atoms with Crippen LogP contribution in [0.4, 0.5) is 0 Å². The molecule has 1 aromatic heterocycles. The van der Waals surface area contributed by atoms with Crippen molar-refractivity contribution in [3.8, 4) is 0 Å². The Balaban J connectivity index is 2.22. The lowest BCUT2D eigenvalue weighted by atomic mass is 10.0. The fraction of sp³-hybridized carbons (Fsp3) is 0.375. The average molecular weight is 304 g/mol. The monoisotopic (exact) mass is 304 g/mol. The number of nitrogens with zero attached hydrogens (tertiary/aromatic N) is 2. The number of hydrogen-bond donors (Lipinski definition) is 1. The van der Waals surface area contributed by atoms with Crippen molar-refractivity contribution in [1.82, 2.24) is 9.88 Å². The smallest absolute Gasteiger partial charge is 0.325 e. The van der Waals surface area contributed by atoms with Crippen LogP contribution in [-0.4, -0.2) is 28.0 Å². The number of carboxylic acids is 1. The molecule has 5 heteroatoms. The number of aromatic nitrogens is 1. The summed E-state index contributed by atoms with van der Waals surface area (Å²) in [4.78, 5) is 19.1. The predicted octanol–water partition coefficient (Wildman–Crippen LogP) is 3.27. The highest BCUT2D eigenvalue weighted by Crippen LogP contribution is 2.25. The van der Waals surface area contributed by atoms with Crippen molar-refractivity contribution in [1.29, 1.82) is 0 Å². The van der Waals surface area contributed by atoms with E-state index in [1.165, 1.54) is 4.88 Å². The Morgan fingerprint density at radius 3 is 2.71 bits per heavy atom. The molecule has 0 spiro atoms. The molecular weight excluding hydrogens is 284 g/mol. The zero-order valence-corrected chi connectivity index (χ0v) is 13.4. The summed E-state index contributed by atoms with van der Waals surface area (Å²) in [7, 11) is 1.83. The Bertz CT molecular complexity index is 624. The summed E-state index contributed by atoms with van der Waals surface area (Å²) in [6.45, 7) is 4.57. The quantitative estimate of drug-likeness (QED) is 0.890. The lowest BCUT2D eigenvalue weighted by Crippen LogP contribution is -2.31. The van der Waals surface area contributed by atoms with Crippen LogP contribution in [0.5, 0.6) is 0 Å². The Labute approximate surface area is 129 Å². The van der Waals surface area contributed by atoms with Crippen LogP contribution >= 0.6 is 11.3 Å². The van der Waals surface area contributed by atoms with Crippen LogP contribution in [0.1, 0.15) is 34.0 Å². The van der Waals surface area contributed by atoms with Gasteiger partial charge in [0.25, 0.3) is 0 Å². The highest BCUT2D eigenvalue weighted by atomic mass is 32.1. The van der Waals surface area contributed by atoms with Gasteiger partial charge in [-0.15, -0.1) is 11.3 Å². The van der Waals surface area contributed by atoms with Gasteiger partial charge in [0, 0.05) is 11.1 Å². The van der Waals surface area contributed by atoms with Crippen molar-refractivity contribution in [2.45, 2.75) is 32.9 Å². The first-order valence-corrected chi connectivity index (χ1v) is 7.76. The van der Waals surface area contributed by atoms with Crippen LogP contribution in [0.15, 0.2) is 30.5 Å². The maximum Gasteiger partial charge on any atom is 0.325 e. The third kappa shape index (κ3) is 3.68. The van der Waals surface area contributed by atoms with E-state index < -0.39 is 12.0 Å². The van der Waals surface area contributed by atoms with Crippen LogP contribution in [0, 0.1) is 6.92 Å². The van der Waals surface area contributed by atoms with Crippen molar-refractivity contribution >= 4 is 17.3 Å². The molecular formula is C16H20N2O2S. The van der Waals surface area contributed by atoms with Crippen molar-refractivity contribution < 1.29 is 9.90 Å². The maximum atomic E-state index is 11.7. The molecule has 0 bridgehead atoms. The second kappa shape index (κ2) is 6.83. The summed E-state index contributed by atoms with van der Waals surface area (Å²) in [6, 6.07) is 6.97. The second-order valence-corrected chi connectivity index (χ2v) is 6.29. The number of thiazole rings is 1. The Morgan fingerprint density at radius 1 is 1.43 bits per heavy atom. The Morgan fingerprint density at radius 2 is 2.14 bits per heavy atom. The minimum atomic E-state index is -0.834. The summed E-state index contributed by atoms with van der Waals surface area (Å²) < 4.78 is 0. The second-order valence-electron chi connectivity index (χ2n) is 5.09. The van der Waals surface area contributed by atoms with Crippen molar-refractivity contribution in [3.05, 3.63) is 51.5 Å². The SMILES string of the molecule is CCc1cnc(CN(C)C(C(=O)O)c2ccccc2C)s1.